The van der Waals surface area contributed by atoms with Gasteiger partial charge in [-0.15, -0.1) is 0 Å². The van der Waals surface area contributed by atoms with Gasteiger partial charge in [-0.05, 0) is 18.2 Å². The summed E-state index contributed by atoms with van der Waals surface area (Å²) in [5, 5.41) is 88.3. The van der Waals surface area contributed by atoms with Gasteiger partial charge >= 0.3 is 0 Å². The van der Waals surface area contributed by atoms with Gasteiger partial charge in [-0.2, -0.15) is 0 Å². The molecular weight excluding hydrogens is 460 g/mol. The summed E-state index contributed by atoms with van der Waals surface area (Å²) < 4.78 is 16.3. The molecule has 2 heterocycles. The highest BCUT2D eigenvalue weighted by Crippen LogP contribution is 2.43. The van der Waals surface area contributed by atoms with E-state index in [1.807, 2.05) is 0 Å². The minimum Gasteiger partial charge on any atom is -0.504 e. The molecule has 3 aromatic rings. The van der Waals surface area contributed by atoms with Crippen LogP contribution in [0.25, 0.3) is 22.3 Å². The summed E-state index contributed by atoms with van der Waals surface area (Å²) in [7, 11) is 0. The summed E-state index contributed by atoms with van der Waals surface area (Å²) in [4.78, 5) is 13.3. The zero-order valence-electron chi connectivity index (χ0n) is 17.1. The molecule has 5 atom stereocenters. The van der Waals surface area contributed by atoms with Crippen molar-refractivity contribution in [2.45, 2.75) is 30.7 Å². The normalized spacial score (nSPS) is 24.9. The zero-order valence-corrected chi connectivity index (χ0v) is 17.1. The van der Waals surface area contributed by atoms with Crippen LogP contribution in [-0.4, -0.2) is 83.3 Å². The van der Waals surface area contributed by atoms with Crippen LogP contribution in [0.4, 0.5) is 0 Å². The number of benzene rings is 2. The van der Waals surface area contributed by atoms with Gasteiger partial charge in [0.15, 0.2) is 28.8 Å². The molecule has 1 fully saturated rings. The van der Waals surface area contributed by atoms with Gasteiger partial charge in [-0.3, -0.25) is 4.79 Å². The van der Waals surface area contributed by atoms with Crippen LogP contribution in [0.1, 0.15) is 0 Å². The summed E-state index contributed by atoms with van der Waals surface area (Å²) in [6.45, 7) is -0.774. The molecule has 0 amide bonds. The van der Waals surface area contributed by atoms with Crippen molar-refractivity contribution < 1.29 is 59.8 Å². The second-order valence-corrected chi connectivity index (χ2v) is 7.57. The Labute approximate surface area is 189 Å². The van der Waals surface area contributed by atoms with Crippen molar-refractivity contribution in [1.82, 2.24) is 0 Å². The predicted octanol–water partition coefficient (Wildman–Crippen LogP) is -0.833. The second kappa shape index (κ2) is 8.55. The Morgan fingerprint density at radius 2 is 1.56 bits per heavy atom. The number of fused-ring (bicyclic) bond motifs is 1. The molecule has 2 aromatic carbocycles. The van der Waals surface area contributed by atoms with Gasteiger partial charge in [-0.25, -0.2) is 0 Å². The first kappa shape index (κ1) is 23.4. The van der Waals surface area contributed by atoms with E-state index in [1.165, 1.54) is 6.07 Å². The quantitative estimate of drug-likeness (QED) is 0.208. The maximum atomic E-state index is 13.3. The standard InChI is InChI=1S/C21H20O13/c22-5-11-14(27)17(30)18(31)21(33-11)34-20-16(29)12-10(4-9(25)13(26)15(12)28)32-19(20)6-1-2-7(23)8(24)3-6/h1-4,11,14,17-18,21-28,30-31H,5H2/t11-,14-,17-,18-,21+/m1/s1. The van der Waals surface area contributed by atoms with E-state index in [9.17, 15) is 50.8 Å². The van der Waals surface area contributed by atoms with E-state index < -0.39 is 94.0 Å². The highest BCUT2D eigenvalue weighted by atomic mass is 16.7. The first-order valence-electron chi connectivity index (χ1n) is 9.79. The van der Waals surface area contributed by atoms with Crippen molar-refractivity contribution in [3.63, 3.8) is 0 Å². The van der Waals surface area contributed by atoms with Gasteiger partial charge in [0.2, 0.25) is 23.2 Å². The van der Waals surface area contributed by atoms with Gasteiger partial charge < -0.3 is 59.8 Å². The highest BCUT2D eigenvalue weighted by molar-refractivity contribution is 5.91. The number of aromatic hydroxyl groups is 5. The zero-order chi connectivity index (χ0) is 24.9. The van der Waals surface area contributed by atoms with Crippen molar-refractivity contribution in [1.29, 1.82) is 0 Å². The summed E-state index contributed by atoms with van der Waals surface area (Å²) in [5.41, 5.74) is -1.56. The minimum atomic E-state index is -1.91. The third-order valence-electron chi connectivity index (χ3n) is 5.39. The Hall–Kier alpha value is -3.75. The van der Waals surface area contributed by atoms with Gasteiger partial charge in [-0.1, -0.05) is 0 Å². The lowest BCUT2D eigenvalue weighted by Crippen LogP contribution is -2.60. The molecule has 0 spiro atoms. The maximum Gasteiger partial charge on any atom is 0.239 e. The van der Waals surface area contributed by atoms with Crippen LogP contribution in [0.5, 0.6) is 34.5 Å². The van der Waals surface area contributed by atoms with Crippen molar-refractivity contribution in [2.24, 2.45) is 0 Å². The number of hydrogen-bond acceptors (Lipinski definition) is 13. The lowest BCUT2D eigenvalue weighted by atomic mass is 9.99. The summed E-state index contributed by atoms with van der Waals surface area (Å²) in [6, 6.07) is 4.13. The topological polar surface area (TPSA) is 231 Å². The highest BCUT2D eigenvalue weighted by Gasteiger charge is 2.45. The molecule has 0 unspecified atom stereocenters. The Balaban J connectivity index is 1.94. The molecule has 1 saturated heterocycles. The van der Waals surface area contributed by atoms with Crippen LogP contribution in [0, 0.1) is 0 Å². The van der Waals surface area contributed by atoms with Crippen LogP contribution in [-0.2, 0) is 4.74 Å². The van der Waals surface area contributed by atoms with Gasteiger partial charge in [0.25, 0.3) is 0 Å². The largest absolute Gasteiger partial charge is 0.504 e. The number of rotatable bonds is 4. The molecule has 1 aliphatic rings. The molecular formula is C21H20O13. The molecule has 182 valence electrons. The van der Waals surface area contributed by atoms with E-state index in [0.29, 0.717) is 0 Å². The summed E-state index contributed by atoms with van der Waals surface area (Å²) >= 11 is 0. The Morgan fingerprint density at radius 1 is 0.853 bits per heavy atom. The fraction of sp³-hybridized carbons (Fsp3) is 0.286. The molecule has 4 rings (SSSR count). The lowest BCUT2D eigenvalue weighted by molar-refractivity contribution is -0.277. The SMILES string of the molecule is O=c1c(O[C@@H]2O[C@H](CO)[C@@H](O)[C@@H](O)[C@H]2O)c(-c2ccc(O)c(O)c2)oc2cc(O)c(O)c(O)c12. The average Bonchev–Trinajstić information content (AvgIpc) is 2.80. The van der Waals surface area contributed by atoms with E-state index >= 15 is 0 Å². The Kier molecular flexibility index (Phi) is 5.89. The number of phenolic OH excluding ortho intramolecular Hbond substituents is 5. The molecule has 13 heteroatoms. The first-order chi connectivity index (χ1) is 16.0. The number of hydrogen-bond donors (Lipinski definition) is 9. The number of aliphatic hydroxyl groups excluding tert-OH is 4. The first-order valence-corrected chi connectivity index (χ1v) is 9.79. The van der Waals surface area contributed by atoms with E-state index in [2.05, 4.69) is 0 Å². The van der Waals surface area contributed by atoms with Gasteiger partial charge in [0, 0.05) is 11.6 Å². The van der Waals surface area contributed by atoms with Gasteiger partial charge in [0.1, 0.15) is 35.4 Å². The monoisotopic (exact) mass is 480 g/mol. The fourth-order valence-electron chi connectivity index (χ4n) is 3.54. The molecule has 0 bridgehead atoms. The molecule has 1 aliphatic heterocycles. The smallest absolute Gasteiger partial charge is 0.239 e. The van der Waals surface area contributed by atoms with E-state index in [4.69, 9.17) is 13.9 Å². The third-order valence-corrected chi connectivity index (χ3v) is 5.39. The van der Waals surface area contributed by atoms with E-state index in [1.54, 1.807) is 0 Å². The Morgan fingerprint density at radius 3 is 2.21 bits per heavy atom. The molecule has 13 nitrogen and oxygen atoms in total. The van der Waals surface area contributed by atoms with Crippen LogP contribution in [0.2, 0.25) is 0 Å². The van der Waals surface area contributed by atoms with E-state index in [-0.39, 0.29) is 5.56 Å². The summed E-state index contributed by atoms with van der Waals surface area (Å²) in [6.07, 6.45) is -8.64. The molecule has 0 aliphatic carbocycles. The minimum absolute atomic E-state index is 0.0408. The molecule has 9 N–H and O–H groups in total. The molecule has 1 aromatic heterocycles. The average molecular weight is 480 g/mol. The number of ether oxygens (including phenoxy) is 2. The van der Waals surface area contributed by atoms with Crippen LogP contribution in [0.15, 0.2) is 33.5 Å². The predicted molar refractivity (Wildman–Crippen MR) is 111 cm³/mol. The van der Waals surface area contributed by atoms with Crippen LogP contribution >= 0.6 is 0 Å². The maximum absolute atomic E-state index is 13.3. The molecule has 0 radical (unpaired) electrons. The molecule has 0 saturated carbocycles. The third kappa shape index (κ3) is 3.70. The van der Waals surface area contributed by atoms with E-state index in [0.717, 1.165) is 18.2 Å². The lowest BCUT2D eigenvalue weighted by Gasteiger charge is -2.39. The van der Waals surface area contributed by atoms with Gasteiger partial charge in [0.05, 0.1) is 6.61 Å². The number of aliphatic hydroxyl groups is 4. The van der Waals surface area contributed by atoms with Crippen molar-refractivity contribution in [3.05, 3.63) is 34.5 Å². The van der Waals surface area contributed by atoms with Crippen molar-refractivity contribution in [2.75, 3.05) is 6.61 Å². The molecule has 34 heavy (non-hydrogen) atoms. The van der Waals surface area contributed by atoms with Crippen molar-refractivity contribution >= 4 is 11.0 Å². The second-order valence-electron chi connectivity index (χ2n) is 7.57. The van der Waals surface area contributed by atoms with Crippen LogP contribution in [0.3, 0.4) is 0 Å². The summed E-state index contributed by atoms with van der Waals surface area (Å²) in [5.74, 6) is -5.12. The number of phenols is 5. The fourth-order valence-corrected chi connectivity index (χ4v) is 3.54. The Bertz CT molecular complexity index is 1300. The van der Waals surface area contributed by atoms with Crippen molar-refractivity contribution in [3.8, 4) is 45.8 Å². The van der Waals surface area contributed by atoms with Crippen LogP contribution < -0.4 is 10.2 Å².